The first-order chi connectivity index (χ1) is 8.79. The van der Waals surface area contributed by atoms with Crippen LogP contribution < -0.4 is 5.32 Å². The Balaban J connectivity index is 0.00000110. The normalized spacial score (nSPS) is 35.8. The fraction of sp³-hybridized carbons (Fsp3) is 0.625. The highest BCUT2D eigenvalue weighted by Crippen LogP contribution is 2.54. The molecule has 4 rings (SSSR count). The number of benzene rings is 1. The molecule has 1 saturated heterocycles. The predicted molar refractivity (Wildman–Crippen MR) is 82.2 cm³/mol. The van der Waals surface area contributed by atoms with E-state index < -0.39 is 0 Å². The molecule has 1 aliphatic heterocycles. The number of halogens is 1. The maximum Gasteiger partial charge on any atom is 0.115 e. The van der Waals surface area contributed by atoms with Gasteiger partial charge in [-0.05, 0) is 61.4 Å². The van der Waals surface area contributed by atoms with Gasteiger partial charge < -0.3 is 10.4 Å². The molecule has 2 nitrogen and oxygen atoms in total. The molecule has 2 N–H and O–H groups in total. The highest BCUT2D eigenvalue weighted by molar-refractivity contribution is 8.93. The van der Waals surface area contributed by atoms with Gasteiger partial charge in [0.15, 0.2) is 0 Å². The summed E-state index contributed by atoms with van der Waals surface area (Å²) in [6, 6.07) is 6.75. The minimum Gasteiger partial charge on any atom is -0.508 e. The van der Waals surface area contributed by atoms with E-state index in [1.165, 1.54) is 43.2 Å². The molecule has 3 aliphatic rings. The zero-order valence-corrected chi connectivity index (χ0v) is 12.9. The zero-order chi connectivity index (χ0) is 12.2. The minimum atomic E-state index is 0. The largest absolute Gasteiger partial charge is 0.508 e. The van der Waals surface area contributed by atoms with E-state index in [2.05, 4.69) is 17.4 Å². The van der Waals surface area contributed by atoms with Gasteiger partial charge in [-0.3, -0.25) is 0 Å². The Morgan fingerprint density at radius 3 is 3.00 bits per heavy atom. The van der Waals surface area contributed by atoms with Crippen molar-refractivity contribution in [1.29, 1.82) is 0 Å². The topological polar surface area (TPSA) is 32.3 Å². The van der Waals surface area contributed by atoms with Crippen molar-refractivity contribution in [3.63, 3.8) is 0 Å². The maximum absolute atomic E-state index is 9.86. The van der Waals surface area contributed by atoms with Gasteiger partial charge in [0, 0.05) is 11.5 Å². The standard InChI is InChI=1S/C16H21NO.BrH/c18-12-5-4-11-9-15-13-3-1-2-6-16(13,7-8-17-15)14(11)10-12;/h4-5,10,13,15,17-18H,1-3,6-9H2;1H/t13-,15+,16+;/m1./s1. The van der Waals surface area contributed by atoms with Crippen LogP contribution >= 0.6 is 17.0 Å². The smallest absolute Gasteiger partial charge is 0.115 e. The second-order valence-electron chi connectivity index (χ2n) is 6.36. The van der Waals surface area contributed by atoms with Gasteiger partial charge in [0.1, 0.15) is 5.75 Å². The van der Waals surface area contributed by atoms with Gasteiger partial charge in [0.05, 0.1) is 0 Å². The van der Waals surface area contributed by atoms with Gasteiger partial charge in [0.2, 0.25) is 0 Å². The number of nitrogens with one attached hydrogen (secondary N) is 1. The van der Waals surface area contributed by atoms with Crippen LogP contribution in [0.25, 0.3) is 0 Å². The Bertz CT molecular complexity index is 486. The Kier molecular flexibility index (Phi) is 3.38. The molecule has 0 radical (unpaired) electrons. The first-order valence-electron chi connectivity index (χ1n) is 7.35. The van der Waals surface area contributed by atoms with Crippen molar-refractivity contribution < 1.29 is 5.11 Å². The van der Waals surface area contributed by atoms with Crippen molar-refractivity contribution in [2.75, 3.05) is 6.54 Å². The van der Waals surface area contributed by atoms with Crippen LogP contribution in [0.1, 0.15) is 43.2 Å². The number of fused-ring (bicyclic) bond motifs is 1. The molecule has 1 heterocycles. The summed E-state index contributed by atoms with van der Waals surface area (Å²) in [4.78, 5) is 0. The second kappa shape index (κ2) is 4.78. The highest BCUT2D eigenvalue weighted by Gasteiger charge is 2.51. The van der Waals surface area contributed by atoms with Crippen LogP contribution in [0.4, 0.5) is 0 Å². The third kappa shape index (κ3) is 1.85. The molecule has 2 aliphatic carbocycles. The van der Waals surface area contributed by atoms with E-state index in [4.69, 9.17) is 0 Å². The van der Waals surface area contributed by atoms with Gasteiger partial charge in [-0.15, -0.1) is 17.0 Å². The van der Waals surface area contributed by atoms with Gasteiger partial charge in [-0.25, -0.2) is 0 Å². The molecule has 2 bridgehead atoms. The average molecular weight is 324 g/mol. The lowest BCUT2D eigenvalue weighted by Gasteiger charge is -2.56. The number of rotatable bonds is 0. The van der Waals surface area contributed by atoms with Crippen LogP contribution in [0, 0.1) is 5.92 Å². The molecular weight excluding hydrogens is 302 g/mol. The summed E-state index contributed by atoms with van der Waals surface area (Å²) in [6.07, 6.45) is 7.85. The number of hydrogen-bond acceptors (Lipinski definition) is 2. The summed E-state index contributed by atoms with van der Waals surface area (Å²) >= 11 is 0. The average Bonchev–Trinajstić information content (AvgIpc) is 2.40. The molecule has 3 heteroatoms. The molecule has 2 fully saturated rings. The van der Waals surface area contributed by atoms with Crippen LogP contribution in [0.15, 0.2) is 18.2 Å². The number of phenolic OH excluding ortho intramolecular Hbond substituents is 1. The third-order valence-electron chi connectivity index (χ3n) is 5.63. The van der Waals surface area contributed by atoms with Crippen LogP contribution in [-0.2, 0) is 11.8 Å². The molecular formula is C16H22BrNO. The summed E-state index contributed by atoms with van der Waals surface area (Å²) in [5.41, 5.74) is 3.33. The lowest BCUT2D eigenvalue weighted by molar-refractivity contribution is 0.0795. The molecule has 0 aromatic heterocycles. The fourth-order valence-corrected chi connectivity index (χ4v) is 4.91. The van der Waals surface area contributed by atoms with Gasteiger partial charge in [-0.1, -0.05) is 18.9 Å². The molecule has 0 unspecified atom stereocenters. The van der Waals surface area contributed by atoms with Crippen LogP contribution in [-0.4, -0.2) is 17.7 Å². The predicted octanol–water partition coefficient (Wildman–Crippen LogP) is 3.32. The number of hydrogen-bond donors (Lipinski definition) is 2. The first-order valence-corrected chi connectivity index (χ1v) is 7.35. The van der Waals surface area contributed by atoms with Crippen molar-refractivity contribution in [1.82, 2.24) is 5.32 Å². The molecule has 1 aromatic rings. The quantitative estimate of drug-likeness (QED) is 0.767. The molecule has 19 heavy (non-hydrogen) atoms. The Morgan fingerprint density at radius 2 is 2.11 bits per heavy atom. The van der Waals surface area contributed by atoms with Crippen molar-refractivity contribution >= 4 is 17.0 Å². The molecule has 104 valence electrons. The Morgan fingerprint density at radius 1 is 1.21 bits per heavy atom. The Hall–Kier alpha value is -0.540. The van der Waals surface area contributed by atoms with Crippen molar-refractivity contribution in [3.05, 3.63) is 29.3 Å². The number of aromatic hydroxyl groups is 1. The van der Waals surface area contributed by atoms with Crippen LogP contribution in [0.2, 0.25) is 0 Å². The number of piperidine rings is 1. The highest BCUT2D eigenvalue weighted by atomic mass is 79.9. The van der Waals surface area contributed by atoms with Crippen molar-refractivity contribution in [2.45, 2.75) is 50.0 Å². The maximum atomic E-state index is 9.86. The van der Waals surface area contributed by atoms with E-state index in [0.717, 1.165) is 18.9 Å². The number of phenols is 1. The Labute approximate surface area is 125 Å². The summed E-state index contributed by atoms with van der Waals surface area (Å²) in [5, 5.41) is 13.6. The summed E-state index contributed by atoms with van der Waals surface area (Å²) in [5.74, 6) is 1.25. The lowest BCUT2D eigenvalue weighted by Crippen LogP contribution is -2.59. The SMILES string of the molecule is Br.Oc1ccc2c(c1)[C@]13CCCC[C@@H]1[C@H](C2)NCC3. The van der Waals surface area contributed by atoms with Gasteiger partial charge in [-0.2, -0.15) is 0 Å². The zero-order valence-electron chi connectivity index (χ0n) is 11.2. The van der Waals surface area contributed by atoms with E-state index in [9.17, 15) is 5.11 Å². The van der Waals surface area contributed by atoms with Crippen molar-refractivity contribution in [2.24, 2.45) is 5.92 Å². The van der Waals surface area contributed by atoms with E-state index in [1.807, 2.05) is 6.07 Å². The molecule has 0 spiro atoms. The summed E-state index contributed by atoms with van der Waals surface area (Å²) in [6.45, 7) is 1.15. The molecule has 1 saturated carbocycles. The fourth-order valence-electron chi connectivity index (χ4n) is 4.91. The van der Waals surface area contributed by atoms with E-state index in [0.29, 0.717) is 17.2 Å². The first kappa shape index (κ1) is 13.4. The van der Waals surface area contributed by atoms with Crippen LogP contribution in [0.3, 0.4) is 0 Å². The summed E-state index contributed by atoms with van der Waals surface area (Å²) < 4.78 is 0. The lowest BCUT2D eigenvalue weighted by atomic mass is 9.53. The molecule has 3 atom stereocenters. The van der Waals surface area contributed by atoms with Crippen molar-refractivity contribution in [3.8, 4) is 5.75 Å². The van der Waals surface area contributed by atoms with E-state index in [-0.39, 0.29) is 17.0 Å². The third-order valence-corrected chi connectivity index (χ3v) is 5.63. The van der Waals surface area contributed by atoms with E-state index >= 15 is 0 Å². The summed E-state index contributed by atoms with van der Waals surface area (Å²) in [7, 11) is 0. The van der Waals surface area contributed by atoms with Gasteiger partial charge >= 0.3 is 0 Å². The molecule has 0 amide bonds. The second-order valence-corrected chi connectivity index (χ2v) is 6.36. The minimum absolute atomic E-state index is 0. The van der Waals surface area contributed by atoms with Crippen LogP contribution in [0.5, 0.6) is 5.75 Å². The monoisotopic (exact) mass is 323 g/mol. The van der Waals surface area contributed by atoms with Gasteiger partial charge in [0.25, 0.3) is 0 Å². The van der Waals surface area contributed by atoms with E-state index in [1.54, 1.807) is 0 Å². The molecule has 1 aromatic carbocycles.